The molecule has 0 spiro atoms. The van der Waals surface area contributed by atoms with Gasteiger partial charge in [-0.2, -0.15) is 0 Å². The number of carbonyl (C=O) groups is 3. The summed E-state index contributed by atoms with van der Waals surface area (Å²) in [5.74, 6) is -1.72. The summed E-state index contributed by atoms with van der Waals surface area (Å²) >= 11 is 0. The molecule has 106 valence electrons. The van der Waals surface area contributed by atoms with E-state index in [1.807, 2.05) is 0 Å². The van der Waals surface area contributed by atoms with Gasteiger partial charge >= 0.3 is 5.97 Å². The number of ether oxygens (including phenoxy) is 1. The van der Waals surface area contributed by atoms with Crippen LogP contribution in [0.4, 0.5) is 5.69 Å². The van der Waals surface area contributed by atoms with E-state index in [1.165, 1.54) is 4.90 Å². The number of primary amides is 1. The number of nitrogens with zero attached hydrogens (tertiary/aromatic N) is 1. The van der Waals surface area contributed by atoms with Crippen molar-refractivity contribution >= 4 is 23.5 Å². The lowest BCUT2D eigenvalue weighted by molar-refractivity contribution is -0.138. The first-order valence-corrected chi connectivity index (χ1v) is 6.06. The standard InChI is InChI=1S/C13H14N2O5/c14-13(19)10-7-15(11(16)5-6-12(17)18)8-3-1-2-4-9(8)20-10/h1-4,10H,5-7H2,(H2,14,19)(H,17,18). The van der Waals surface area contributed by atoms with E-state index in [2.05, 4.69) is 0 Å². The Kier molecular flexibility index (Phi) is 3.88. The van der Waals surface area contributed by atoms with Gasteiger partial charge in [-0.05, 0) is 12.1 Å². The predicted molar refractivity (Wildman–Crippen MR) is 69.3 cm³/mol. The Balaban J connectivity index is 2.24. The monoisotopic (exact) mass is 278 g/mol. The molecule has 3 N–H and O–H groups in total. The number of hydrogen-bond acceptors (Lipinski definition) is 4. The smallest absolute Gasteiger partial charge is 0.303 e. The minimum atomic E-state index is -1.05. The fourth-order valence-corrected chi connectivity index (χ4v) is 1.97. The summed E-state index contributed by atoms with van der Waals surface area (Å²) in [4.78, 5) is 35.2. The maximum Gasteiger partial charge on any atom is 0.303 e. The lowest BCUT2D eigenvalue weighted by Crippen LogP contribution is -2.49. The fourth-order valence-electron chi connectivity index (χ4n) is 1.97. The zero-order valence-corrected chi connectivity index (χ0v) is 10.6. The molecule has 0 saturated carbocycles. The number of carboxylic acid groups (broad SMARTS) is 1. The van der Waals surface area contributed by atoms with Crippen molar-refractivity contribution in [1.29, 1.82) is 0 Å². The van der Waals surface area contributed by atoms with Crippen molar-refractivity contribution in [1.82, 2.24) is 0 Å². The van der Waals surface area contributed by atoms with Gasteiger partial charge in [0.2, 0.25) is 5.91 Å². The molecule has 1 heterocycles. The maximum absolute atomic E-state index is 12.1. The molecule has 1 aliphatic rings. The number of benzene rings is 1. The summed E-state index contributed by atoms with van der Waals surface area (Å²) in [5.41, 5.74) is 5.73. The van der Waals surface area contributed by atoms with E-state index in [4.69, 9.17) is 15.6 Å². The Morgan fingerprint density at radius 2 is 2.00 bits per heavy atom. The molecule has 0 aromatic heterocycles. The van der Waals surface area contributed by atoms with Crippen LogP contribution in [0.1, 0.15) is 12.8 Å². The molecule has 1 aromatic rings. The summed E-state index contributed by atoms with van der Waals surface area (Å²) < 4.78 is 5.41. The number of aliphatic carboxylic acids is 1. The van der Waals surface area contributed by atoms with Crippen LogP contribution in [-0.2, 0) is 14.4 Å². The third-order valence-corrected chi connectivity index (χ3v) is 2.94. The molecule has 7 heteroatoms. The molecule has 0 radical (unpaired) electrons. The van der Waals surface area contributed by atoms with Crippen LogP contribution >= 0.6 is 0 Å². The lowest BCUT2D eigenvalue weighted by Gasteiger charge is -2.33. The highest BCUT2D eigenvalue weighted by Crippen LogP contribution is 2.33. The molecular formula is C13H14N2O5. The second kappa shape index (κ2) is 5.60. The molecule has 1 aromatic carbocycles. The first-order valence-electron chi connectivity index (χ1n) is 6.06. The first kappa shape index (κ1) is 13.9. The number of para-hydroxylation sites is 2. The van der Waals surface area contributed by atoms with Gasteiger partial charge in [0, 0.05) is 6.42 Å². The van der Waals surface area contributed by atoms with Crippen LogP contribution in [0, 0.1) is 0 Å². The highest BCUT2D eigenvalue weighted by Gasteiger charge is 2.32. The quantitative estimate of drug-likeness (QED) is 0.813. The third-order valence-electron chi connectivity index (χ3n) is 2.94. The minimum Gasteiger partial charge on any atom is -0.481 e. The Labute approximate surface area is 114 Å². The van der Waals surface area contributed by atoms with Crippen LogP contribution < -0.4 is 15.4 Å². The lowest BCUT2D eigenvalue weighted by atomic mass is 10.1. The Bertz CT molecular complexity index is 557. The van der Waals surface area contributed by atoms with E-state index in [1.54, 1.807) is 24.3 Å². The van der Waals surface area contributed by atoms with Crippen molar-refractivity contribution in [2.24, 2.45) is 5.73 Å². The van der Waals surface area contributed by atoms with Gasteiger partial charge in [0.15, 0.2) is 6.10 Å². The van der Waals surface area contributed by atoms with Crippen molar-refractivity contribution in [3.8, 4) is 5.75 Å². The van der Waals surface area contributed by atoms with E-state index < -0.39 is 18.0 Å². The molecule has 1 aliphatic heterocycles. The molecule has 2 rings (SSSR count). The molecule has 1 unspecified atom stereocenters. The molecule has 1 atom stereocenters. The number of anilines is 1. The van der Waals surface area contributed by atoms with Gasteiger partial charge in [0.1, 0.15) is 5.75 Å². The van der Waals surface area contributed by atoms with Crippen molar-refractivity contribution in [3.05, 3.63) is 24.3 Å². The molecule has 2 amide bonds. The van der Waals surface area contributed by atoms with Crippen molar-refractivity contribution < 1.29 is 24.2 Å². The number of rotatable bonds is 4. The van der Waals surface area contributed by atoms with Crippen LogP contribution in [0.5, 0.6) is 5.75 Å². The highest BCUT2D eigenvalue weighted by molar-refractivity contribution is 5.98. The van der Waals surface area contributed by atoms with Gasteiger partial charge in [-0.25, -0.2) is 0 Å². The number of nitrogens with two attached hydrogens (primary N) is 1. The molecule has 20 heavy (non-hydrogen) atoms. The van der Waals surface area contributed by atoms with Crippen molar-refractivity contribution in [2.75, 3.05) is 11.4 Å². The van der Waals surface area contributed by atoms with Crippen LogP contribution in [0.25, 0.3) is 0 Å². The zero-order chi connectivity index (χ0) is 14.7. The molecule has 0 fully saturated rings. The fraction of sp³-hybridized carbons (Fsp3) is 0.308. The van der Waals surface area contributed by atoms with E-state index in [-0.39, 0.29) is 25.3 Å². The van der Waals surface area contributed by atoms with Gasteiger partial charge in [-0.15, -0.1) is 0 Å². The van der Waals surface area contributed by atoms with Crippen molar-refractivity contribution in [2.45, 2.75) is 18.9 Å². The number of carboxylic acids is 1. The Hall–Kier alpha value is -2.57. The van der Waals surface area contributed by atoms with Gasteiger partial charge in [0.05, 0.1) is 18.7 Å². The van der Waals surface area contributed by atoms with E-state index in [0.29, 0.717) is 11.4 Å². The molecule has 7 nitrogen and oxygen atoms in total. The van der Waals surface area contributed by atoms with E-state index >= 15 is 0 Å². The second-order valence-electron chi connectivity index (χ2n) is 4.37. The van der Waals surface area contributed by atoms with Crippen LogP contribution in [-0.4, -0.2) is 35.5 Å². The number of carbonyl (C=O) groups excluding carboxylic acids is 2. The summed E-state index contributed by atoms with van der Waals surface area (Å²) in [6.45, 7) is -0.00913. The average molecular weight is 278 g/mol. The molecule has 0 saturated heterocycles. The normalized spacial score (nSPS) is 17.0. The van der Waals surface area contributed by atoms with Gasteiger partial charge < -0.3 is 20.5 Å². The van der Waals surface area contributed by atoms with Crippen molar-refractivity contribution in [3.63, 3.8) is 0 Å². The van der Waals surface area contributed by atoms with Crippen LogP contribution in [0.3, 0.4) is 0 Å². The van der Waals surface area contributed by atoms with Gasteiger partial charge in [-0.3, -0.25) is 14.4 Å². The number of hydrogen-bond donors (Lipinski definition) is 2. The Morgan fingerprint density at radius 3 is 2.65 bits per heavy atom. The third kappa shape index (κ3) is 2.87. The molecule has 0 aliphatic carbocycles. The predicted octanol–water partition coefficient (Wildman–Crippen LogP) is 0.131. The van der Waals surface area contributed by atoms with E-state index in [9.17, 15) is 14.4 Å². The zero-order valence-electron chi connectivity index (χ0n) is 10.6. The summed E-state index contributed by atoms with van der Waals surface area (Å²) in [7, 11) is 0. The Morgan fingerprint density at radius 1 is 1.30 bits per heavy atom. The van der Waals surface area contributed by atoms with E-state index in [0.717, 1.165) is 0 Å². The molecular weight excluding hydrogens is 264 g/mol. The van der Waals surface area contributed by atoms with Gasteiger partial charge in [-0.1, -0.05) is 12.1 Å². The highest BCUT2D eigenvalue weighted by atomic mass is 16.5. The largest absolute Gasteiger partial charge is 0.481 e. The molecule has 0 bridgehead atoms. The number of amides is 2. The number of fused-ring (bicyclic) bond motifs is 1. The SMILES string of the molecule is NC(=O)C1CN(C(=O)CCC(=O)O)c2ccccc2O1. The minimum absolute atomic E-state index is 0.00913. The summed E-state index contributed by atoms with van der Waals surface area (Å²) in [5, 5.41) is 8.63. The maximum atomic E-state index is 12.1. The van der Waals surface area contributed by atoms with Gasteiger partial charge in [0.25, 0.3) is 5.91 Å². The first-order chi connectivity index (χ1) is 9.49. The van der Waals surface area contributed by atoms with Crippen LogP contribution in [0.2, 0.25) is 0 Å². The average Bonchev–Trinajstić information content (AvgIpc) is 2.43. The topological polar surface area (TPSA) is 110 Å². The van der Waals surface area contributed by atoms with Crippen LogP contribution in [0.15, 0.2) is 24.3 Å². The summed E-state index contributed by atoms with van der Waals surface area (Å²) in [6, 6.07) is 6.74. The second-order valence-corrected chi connectivity index (χ2v) is 4.37. The summed E-state index contributed by atoms with van der Waals surface area (Å²) in [6.07, 6.45) is -1.34.